The summed E-state index contributed by atoms with van der Waals surface area (Å²) in [5, 5.41) is 0. The number of carbonyl (C=O) groups excluding carboxylic acids is 4. The van der Waals surface area contributed by atoms with Gasteiger partial charge in [0.1, 0.15) is 58.3 Å². The number of hydrogen-bond acceptors (Lipinski definition) is 14. The minimum Gasteiger partial charge on any atom is -0.486 e. The topological polar surface area (TPSA) is 187 Å². The van der Waals surface area contributed by atoms with Crippen molar-refractivity contribution in [2.24, 2.45) is 34.5 Å². The predicted molar refractivity (Wildman–Crippen MR) is 321 cm³/mol. The number of benzene rings is 3. The largest absolute Gasteiger partial charge is 0.486 e. The summed E-state index contributed by atoms with van der Waals surface area (Å²) in [5.41, 5.74) is 4.85. The molecule has 6 saturated carbocycles. The number of hydrogen-bond donors (Lipinski definition) is 1. The highest BCUT2D eigenvalue weighted by Gasteiger charge is 2.69. The lowest BCUT2D eigenvalue weighted by Crippen LogP contribution is -2.65. The SMILES string of the molecule is Cc1c(CCB2O[C@@H]3C[C@@H]4C[C@@H](C4(C)C)[C@]3(C)O2)ccc(OC2CN(C(=O)OCc3ccccc3)C2)c1C(=O)OC(C)(C)C.Cc1c(CCB2O[C@@H]3C[C@@H]4C[C@@H](C4(C)C)[C@]3(C)O2)ccc(OC2CN(C(=O)c3cnc[nH]3)C2)c1C(=O)OC(C)(C)C. The zero-order valence-corrected chi connectivity index (χ0v) is 52.5. The lowest BCUT2D eigenvalue weighted by molar-refractivity contribution is -0.199. The van der Waals surface area contributed by atoms with Gasteiger partial charge in [0.25, 0.3) is 5.91 Å². The maximum absolute atomic E-state index is 13.5. The number of carbonyl (C=O) groups is 4. The van der Waals surface area contributed by atoms with Gasteiger partial charge in [-0.25, -0.2) is 19.4 Å². The van der Waals surface area contributed by atoms with Crippen molar-refractivity contribution in [3.05, 3.63) is 112 Å². The smallest absolute Gasteiger partial charge is 0.457 e. The monoisotopic (exact) mass is 1170 g/mol. The summed E-state index contributed by atoms with van der Waals surface area (Å²) in [5.74, 6) is 2.47. The summed E-state index contributed by atoms with van der Waals surface area (Å²) in [6.07, 6.45) is 9.89. The molecule has 19 heteroatoms. The summed E-state index contributed by atoms with van der Waals surface area (Å²) in [4.78, 5) is 62.0. The second-order valence-corrected chi connectivity index (χ2v) is 28.9. The molecule has 4 bridgehead atoms. The molecule has 17 nitrogen and oxygen atoms in total. The zero-order valence-electron chi connectivity index (χ0n) is 52.5. The third-order valence-corrected chi connectivity index (χ3v) is 20.3. The maximum atomic E-state index is 13.5. The van der Waals surface area contributed by atoms with Crippen LogP contribution in [0, 0.1) is 48.3 Å². The van der Waals surface area contributed by atoms with Gasteiger partial charge in [0, 0.05) is 0 Å². The highest BCUT2D eigenvalue weighted by molar-refractivity contribution is 6.45. The number of aromatic nitrogens is 2. The van der Waals surface area contributed by atoms with E-state index in [0.717, 1.165) is 40.7 Å². The van der Waals surface area contributed by atoms with Crippen LogP contribution in [0.4, 0.5) is 4.79 Å². The van der Waals surface area contributed by atoms with Gasteiger partial charge >= 0.3 is 32.3 Å². The Kier molecular flexibility index (Phi) is 16.2. The molecule has 14 rings (SSSR count). The number of nitrogens with one attached hydrogen (secondary N) is 1. The van der Waals surface area contributed by atoms with E-state index in [4.69, 9.17) is 42.3 Å². The normalized spacial score (nSPS) is 27.8. The summed E-state index contributed by atoms with van der Waals surface area (Å²) < 4.78 is 55.8. The second kappa shape index (κ2) is 22.7. The van der Waals surface area contributed by atoms with Gasteiger partial charge in [-0.05, 0) is 195 Å². The molecule has 4 saturated heterocycles. The Morgan fingerprint density at radius 2 is 1.09 bits per heavy atom. The van der Waals surface area contributed by atoms with Gasteiger partial charge in [0.2, 0.25) is 0 Å². The van der Waals surface area contributed by atoms with Crippen molar-refractivity contribution in [3.63, 3.8) is 0 Å². The maximum Gasteiger partial charge on any atom is 0.457 e. The fourth-order valence-corrected chi connectivity index (χ4v) is 15.1. The fraction of sp³-hybridized carbons (Fsp3) is 0.621. The summed E-state index contributed by atoms with van der Waals surface area (Å²) in [7, 11) is -0.517. The van der Waals surface area contributed by atoms with Gasteiger partial charge in [0.15, 0.2) is 0 Å². The highest BCUT2D eigenvalue weighted by Crippen LogP contribution is 2.67. The predicted octanol–water partition coefficient (Wildman–Crippen LogP) is 11.5. The van der Waals surface area contributed by atoms with Crippen molar-refractivity contribution < 1.29 is 61.5 Å². The van der Waals surface area contributed by atoms with Crippen LogP contribution < -0.4 is 9.47 Å². The number of amides is 2. The Bertz CT molecular complexity index is 3150. The zero-order chi connectivity index (χ0) is 60.8. The third-order valence-electron chi connectivity index (χ3n) is 20.3. The number of likely N-dealkylation sites (tertiary alicyclic amines) is 2. The molecule has 3 aromatic carbocycles. The van der Waals surface area contributed by atoms with Crippen molar-refractivity contribution in [3.8, 4) is 11.5 Å². The van der Waals surface area contributed by atoms with E-state index in [9.17, 15) is 19.2 Å². The average molecular weight is 1170 g/mol. The van der Waals surface area contributed by atoms with Gasteiger partial charge in [-0.1, -0.05) is 70.2 Å². The van der Waals surface area contributed by atoms with Crippen molar-refractivity contribution in [2.45, 2.75) is 202 Å². The number of nitrogens with zero attached hydrogens (tertiary/aromatic N) is 3. The molecular formula is C66H88B2N4O13. The molecule has 2 amide bonds. The minimum atomic E-state index is -0.654. The Balaban J connectivity index is 0.000000177. The fourth-order valence-electron chi connectivity index (χ4n) is 15.1. The molecule has 10 aliphatic rings. The molecule has 85 heavy (non-hydrogen) atoms. The first-order chi connectivity index (χ1) is 40.0. The summed E-state index contributed by atoms with van der Waals surface area (Å²) in [6, 6.07) is 17.3. The van der Waals surface area contributed by atoms with Crippen LogP contribution in [0.3, 0.4) is 0 Å². The number of H-pyrrole nitrogens is 1. The Hall–Kier alpha value is -5.88. The lowest BCUT2D eigenvalue weighted by Gasteiger charge is -2.64. The van der Waals surface area contributed by atoms with E-state index >= 15 is 0 Å². The van der Waals surface area contributed by atoms with Crippen molar-refractivity contribution in [1.82, 2.24) is 19.8 Å². The van der Waals surface area contributed by atoms with Crippen molar-refractivity contribution in [2.75, 3.05) is 26.2 Å². The second-order valence-electron chi connectivity index (χ2n) is 28.9. The average Bonchev–Trinajstić information content (AvgIpc) is 1.70. The van der Waals surface area contributed by atoms with Crippen LogP contribution in [0.1, 0.15) is 168 Å². The number of rotatable bonds is 15. The Morgan fingerprint density at radius 1 is 0.635 bits per heavy atom. The molecule has 8 atom stereocenters. The number of imidazole rings is 1. The molecule has 5 heterocycles. The van der Waals surface area contributed by atoms with Crippen LogP contribution in [-0.4, -0.2) is 131 Å². The van der Waals surface area contributed by atoms with Crippen LogP contribution in [0.5, 0.6) is 11.5 Å². The van der Waals surface area contributed by atoms with E-state index < -0.39 is 23.1 Å². The molecule has 10 fully saturated rings. The van der Waals surface area contributed by atoms with Gasteiger partial charge < -0.3 is 57.1 Å². The molecule has 456 valence electrons. The van der Waals surface area contributed by atoms with E-state index in [1.165, 1.54) is 25.4 Å². The summed E-state index contributed by atoms with van der Waals surface area (Å²) >= 11 is 0. The van der Waals surface area contributed by atoms with Crippen LogP contribution in [0.15, 0.2) is 67.1 Å². The van der Waals surface area contributed by atoms with Gasteiger partial charge in [-0.15, -0.1) is 0 Å². The molecule has 1 aromatic heterocycles. The molecule has 0 radical (unpaired) electrons. The number of ether oxygens (including phenoxy) is 5. The standard InChI is InChI=1S/C35H46BNO7.C31H42BN3O6/c1-22-24(15-16-36-43-29-18-25-17-28(34(25,5)6)35(29,7)44-36)13-14-27(30(22)31(38)42-33(2,3)4)41-26-19-37(20-26)32(39)40-21-23-11-9-8-10-12-23;1-18-19(10-11-32-40-25-13-20-12-24(30(20,5)6)31(25,7)41-32)8-9-23(26(18)28(37)39-29(2,3)4)38-21-15-35(16-21)27(36)22-14-33-17-34-22/h8-14,25-26,28-29H,15-21H2,1-7H3;8-9,14,17,20-21,24-25H,10-13,15-16H2,1-7H3,(H,33,34)/t25-,28-,29+,35-;20-,24-,25+,31-/m00/s1. The van der Waals surface area contributed by atoms with Crippen molar-refractivity contribution in [1.29, 1.82) is 0 Å². The Morgan fingerprint density at radius 3 is 1.52 bits per heavy atom. The Labute approximate surface area is 502 Å². The molecule has 4 aliphatic heterocycles. The number of esters is 2. The van der Waals surface area contributed by atoms with E-state index in [2.05, 4.69) is 51.5 Å². The van der Waals surface area contributed by atoms with E-state index in [0.29, 0.717) is 114 Å². The number of aryl methyl sites for hydroxylation is 2. The molecule has 4 aromatic rings. The first kappa shape index (κ1) is 60.8. The van der Waals surface area contributed by atoms with Crippen molar-refractivity contribution >= 4 is 38.2 Å². The van der Waals surface area contributed by atoms with E-state index in [1.54, 1.807) is 9.80 Å². The number of aromatic amines is 1. The highest BCUT2D eigenvalue weighted by atomic mass is 16.7. The van der Waals surface area contributed by atoms with Crippen LogP contribution in [-0.2, 0) is 52.3 Å². The lowest BCUT2D eigenvalue weighted by atomic mass is 9.43. The molecule has 0 spiro atoms. The van der Waals surface area contributed by atoms with Gasteiger partial charge in [0.05, 0.1) is 62.1 Å². The quantitative estimate of drug-likeness (QED) is 0.0673. The van der Waals surface area contributed by atoms with E-state index in [1.807, 2.05) is 110 Å². The molecule has 1 N–H and O–H groups in total. The van der Waals surface area contributed by atoms with Crippen LogP contribution >= 0.6 is 0 Å². The molecule has 6 aliphatic carbocycles. The first-order valence-electron chi connectivity index (χ1n) is 31.0. The molecular weight excluding hydrogens is 1080 g/mol. The van der Waals surface area contributed by atoms with Gasteiger partial charge in [-0.3, -0.25) is 4.79 Å². The molecule has 0 unspecified atom stereocenters. The van der Waals surface area contributed by atoms with E-state index in [-0.39, 0.29) is 68.5 Å². The van der Waals surface area contributed by atoms with Crippen LogP contribution in [0.2, 0.25) is 12.6 Å². The van der Waals surface area contributed by atoms with Crippen LogP contribution in [0.25, 0.3) is 0 Å². The summed E-state index contributed by atoms with van der Waals surface area (Å²) in [6.45, 7) is 30.9. The minimum absolute atomic E-state index is 0.118. The third kappa shape index (κ3) is 12.0. The van der Waals surface area contributed by atoms with Gasteiger partial charge in [-0.2, -0.15) is 0 Å². The first-order valence-corrected chi connectivity index (χ1v) is 31.0.